The van der Waals surface area contributed by atoms with Crippen LogP contribution in [0.1, 0.15) is 50.5 Å². The first kappa shape index (κ1) is 24.1. The Morgan fingerprint density at radius 3 is 2.76 bits per heavy atom. The fraction of sp³-hybridized carbons (Fsp3) is 0.414. The highest BCUT2D eigenvalue weighted by Crippen LogP contribution is 2.47. The summed E-state index contributed by atoms with van der Waals surface area (Å²) < 4.78 is 13.1. The molecule has 0 amide bonds. The standard InChI is InChI=1S/C29H31N3O4S/c1-15-13-32(14-15)28-31-19-12-16(2)21(25(27(33)34)36-29(3,4)5)23(26(19)37-28)18-6-7-20-22-17(9-11-35-20)8-10-30-24(18)22/h6-8,10,12,15,25H,9,11,13-14H2,1-5H3,(H,33,34)/t25-/m0/s1. The number of ether oxygens (including phenoxy) is 2. The summed E-state index contributed by atoms with van der Waals surface area (Å²) >= 11 is 1.62. The zero-order valence-corrected chi connectivity index (χ0v) is 22.6. The largest absolute Gasteiger partial charge is 0.493 e. The molecule has 37 heavy (non-hydrogen) atoms. The molecule has 2 aliphatic rings. The maximum Gasteiger partial charge on any atom is 0.337 e. The third-order valence-electron chi connectivity index (χ3n) is 7.05. The Morgan fingerprint density at radius 2 is 2.05 bits per heavy atom. The van der Waals surface area contributed by atoms with Gasteiger partial charge in [-0.15, -0.1) is 0 Å². The molecule has 0 spiro atoms. The predicted octanol–water partition coefficient (Wildman–Crippen LogP) is 6.15. The van der Waals surface area contributed by atoms with Crippen molar-refractivity contribution in [3.8, 4) is 16.9 Å². The van der Waals surface area contributed by atoms with Crippen LogP contribution in [-0.4, -0.2) is 46.3 Å². The van der Waals surface area contributed by atoms with Crippen molar-refractivity contribution in [3.05, 3.63) is 47.2 Å². The van der Waals surface area contributed by atoms with Crippen LogP contribution in [0.4, 0.5) is 5.13 Å². The van der Waals surface area contributed by atoms with Gasteiger partial charge in [-0.3, -0.25) is 4.98 Å². The van der Waals surface area contributed by atoms with Gasteiger partial charge in [-0.25, -0.2) is 9.78 Å². The topological polar surface area (TPSA) is 84.8 Å². The Bertz CT molecular complexity index is 1540. The molecule has 192 valence electrons. The van der Waals surface area contributed by atoms with Gasteiger partial charge in [0, 0.05) is 47.8 Å². The second-order valence-electron chi connectivity index (χ2n) is 11.2. The Morgan fingerprint density at radius 1 is 1.27 bits per heavy atom. The van der Waals surface area contributed by atoms with Crippen LogP contribution in [0.5, 0.6) is 5.75 Å². The van der Waals surface area contributed by atoms with Gasteiger partial charge < -0.3 is 19.5 Å². The number of rotatable bonds is 5. The third-order valence-corrected chi connectivity index (χ3v) is 8.20. The van der Waals surface area contributed by atoms with E-state index in [9.17, 15) is 9.90 Å². The monoisotopic (exact) mass is 517 g/mol. The molecule has 1 N–H and O–H groups in total. The van der Waals surface area contributed by atoms with Crippen LogP contribution >= 0.6 is 11.3 Å². The van der Waals surface area contributed by atoms with E-state index in [4.69, 9.17) is 19.4 Å². The van der Waals surface area contributed by atoms with E-state index in [2.05, 4.69) is 11.8 Å². The lowest BCUT2D eigenvalue weighted by Gasteiger charge is -2.36. The molecule has 1 fully saturated rings. The first-order valence-electron chi connectivity index (χ1n) is 12.7. The molecule has 0 aliphatic carbocycles. The van der Waals surface area contributed by atoms with Gasteiger partial charge in [0.1, 0.15) is 5.75 Å². The fourth-order valence-corrected chi connectivity index (χ4v) is 6.62. The smallest absolute Gasteiger partial charge is 0.337 e. The summed E-state index contributed by atoms with van der Waals surface area (Å²) in [4.78, 5) is 24.8. The van der Waals surface area contributed by atoms with Gasteiger partial charge >= 0.3 is 5.97 Å². The van der Waals surface area contributed by atoms with Crippen molar-refractivity contribution in [1.82, 2.24) is 9.97 Å². The summed E-state index contributed by atoms with van der Waals surface area (Å²) in [7, 11) is 0. The van der Waals surface area contributed by atoms with Gasteiger partial charge in [0.05, 0.1) is 27.9 Å². The number of hydrogen-bond acceptors (Lipinski definition) is 7. The molecule has 0 radical (unpaired) electrons. The third kappa shape index (κ3) is 4.12. The molecule has 2 aromatic heterocycles. The van der Waals surface area contributed by atoms with E-state index in [0.29, 0.717) is 18.1 Å². The summed E-state index contributed by atoms with van der Waals surface area (Å²) in [6, 6.07) is 8.04. The molecule has 4 aromatic rings. The number of anilines is 1. The molecule has 1 saturated heterocycles. The Hall–Kier alpha value is -3.23. The number of nitrogens with zero attached hydrogens (tertiary/aromatic N) is 3. The van der Waals surface area contributed by atoms with Crippen LogP contribution in [0.25, 0.3) is 32.2 Å². The molecule has 6 rings (SSSR count). The molecule has 7 nitrogen and oxygen atoms in total. The molecule has 1 atom stereocenters. The van der Waals surface area contributed by atoms with Crippen LogP contribution in [0.3, 0.4) is 0 Å². The minimum absolute atomic E-state index is 0.637. The summed E-state index contributed by atoms with van der Waals surface area (Å²) in [6.45, 7) is 12.4. The van der Waals surface area contributed by atoms with Crippen LogP contribution in [0.2, 0.25) is 0 Å². The van der Waals surface area contributed by atoms with Crippen molar-refractivity contribution in [2.45, 2.75) is 52.7 Å². The van der Waals surface area contributed by atoms with Crippen molar-refractivity contribution in [2.24, 2.45) is 5.92 Å². The second kappa shape index (κ2) is 8.67. The number of benzene rings is 2. The number of aliphatic carboxylic acids is 1. The lowest BCUT2D eigenvalue weighted by molar-refractivity contribution is -0.160. The molecule has 0 bridgehead atoms. The van der Waals surface area contributed by atoms with Crippen LogP contribution in [-0.2, 0) is 16.0 Å². The lowest BCUT2D eigenvalue weighted by atomic mass is 9.89. The molecular weight excluding hydrogens is 486 g/mol. The quantitative estimate of drug-likeness (QED) is 0.340. The van der Waals surface area contributed by atoms with E-state index in [0.717, 1.165) is 68.2 Å². The van der Waals surface area contributed by atoms with Gasteiger partial charge in [0.25, 0.3) is 0 Å². The minimum atomic E-state index is -1.14. The average molecular weight is 518 g/mol. The molecular formula is C29H31N3O4S. The summed E-state index contributed by atoms with van der Waals surface area (Å²) in [5.74, 6) is 0.447. The SMILES string of the molecule is Cc1cc2nc(N3CC(C)C3)sc2c(-c2ccc3c4c(ccnc24)CCO3)c1[C@H](OC(C)(C)C)C(=O)O. The highest BCUT2D eigenvalue weighted by Gasteiger charge is 2.34. The summed E-state index contributed by atoms with van der Waals surface area (Å²) in [5.41, 5.74) is 5.43. The van der Waals surface area contributed by atoms with Gasteiger partial charge in [-0.05, 0) is 69.0 Å². The van der Waals surface area contributed by atoms with Crippen LogP contribution < -0.4 is 9.64 Å². The summed E-state index contributed by atoms with van der Waals surface area (Å²) in [5, 5.41) is 12.4. The molecule has 4 heterocycles. The van der Waals surface area contributed by atoms with Crippen molar-refractivity contribution in [3.63, 3.8) is 0 Å². The number of carboxylic acid groups (broad SMARTS) is 1. The van der Waals surface area contributed by atoms with Crippen molar-refractivity contribution < 1.29 is 19.4 Å². The van der Waals surface area contributed by atoms with Gasteiger partial charge in [0.15, 0.2) is 11.2 Å². The van der Waals surface area contributed by atoms with Crippen LogP contribution in [0.15, 0.2) is 30.5 Å². The maximum absolute atomic E-state index is 12.7. The zero-order valence-electron chi connectivity index (χ0n) is 21.8. The van der Waals surface area contributed by atoms with Gasteiger partial charge in [0.2, 0.25) is 0 Å². The highest BCUT2D eigenvalue weighted by molar-refractivity contribution is 7.22. The van der Waals surface area contributed by atoms with Crippen molar-refractivity contribution >= 4 is 43.6 Å². The molecule has 2 aromatic carbocycles. The van der Waals surface area contributed by atoms with E-state index < -0.39 is 17.7 Å². The van der Waals surface area contributed by atoms with E-state index in [-0.39, 0.29) is 0 Å². The Kier molecular flexibility index (Phi) is 5.65. The number of pyridine rings is 1. The fourth-order valence-electron chi connectivity index (χ4n) is 5.48. The first-order valence-corrected chi connectivity index (χ1v) is 13.6. The maximum atomic E-state index is 12.7. The van der Waals surface area contributed by atoms with Gasteiger partial charge in [-0.2, -0.15) is 0 Å². The van der Waals surface area contributed by atoms with Gasteiger partial charge in [-0.1, -0.05) is 18.3 Å². The van der Waals surface area contributed by atoms with E-state index in [1.165, 1.54) is 5.56 Å². The van der Waals surface area contributed by atoms with Crippen LogP contribution in [0, 0.1) is 12.8 Å². The summed E-state index contributed by atoms with van der Waals surface area (Å²) in [6.07, 6.45) is 1.51. The number of fused-ring (bicyclic) bond motifs is 1. The predicted molar refractivity (Wildman–Crippen MR) is 147 cm³/mol. The Balaban J connectivity index is 1.68. The van der Waals surface area contributed by atoms with Crippen molar-refractivity contribution in [2.75, 3.05) is 24.6 Å². The normalized spacial score (nSPS) is 16.6. The molecule has 0 saturated carbocycles. The zero-order chi connectivity index (χ0) is 26.1. The number of aromatic nitrogens is 2. The molecule has 0 unspecified atom stereocenters. The minimum Gasteiger partial charge on any atom is -0.493 e. The number of carboxylic acids is 1. The number of aryl methyl sites for hydroxylation is 1. The number of hydrogen-bond donors (Lipinski definition) is 1. The number of carbonyl (C=O) groups is 1. The molecule has 8 heteroatoms. The van der Waals surface area contributed by atoms with Crippen molar-refractivity contribution in [1.29, 1.82) is 0 Å². The van der Waals surface area contributed by atoms with E-state index in [1.807, 2.05) is 58.2 Å². The first-order chi connectivity index (χ1) is 17.6. The number of thiazole rings is 1. The van der Waals surface area contributed by atoms with E-state index >= 15 is 0 Å². The second-order valence-corrected chi connectivity index (χ2v) is 12.2. The molecule has 2 aliphatic heterocycles. The average Bonchev–Trinajstić information content (AvgIpc) is 3.23. The Labute approximate surface area is 220 Å². The highest BCUT2D eigenvalue weighted by atomic mass is 32.1. The lowest BCUT2D eigenvalue weighted by Crippen LogP contribution is -2.45. The van der Waals surface area contributed by atoms with E-state index in [1.54, 1.807) is 11.3 Å².